The Kier molecular flexibility index (Phi) is 8.31. The van der Waals surface area contributed by atoms with E-state index in [1.165, 1.54) is 12.8 Å². The predicted molar refractivity (Wildman–Crippen MR) is 124 cm³/mol. The molecule has 0 saturated heterocycles. The first-order valence-electron chi connectivity index (χ1n) is 11.8. The average Bonchev–Trinajstić information content (AvgIpc) is 2.99. The van der Waals surface area contributed by atoms with Gasteiger partial charge in [0, 0.05) is 12.6 Å². The van der Waals surface area contributed by atoms with Crippen LogP contribution < -0.4 is 21.3 Å². The van der Waals surface area contributed by atoms with Crippen molar-refractivity contribution in [2.45, 2.75) is 83.3 Å². The molecule has 1 fully saturated rings. The van der Waals surface area contributed by atoms with E-state index in [4.69, 9.17) is 0 Å². The Labute approximate surface area is 190 Å². The molecule has 3 amide bonds. The molecule has 7 nitrogen and oxygen atoms in total. The highest BCUT2D eigenvalue weighted by atomic mass is 16.2. The third-order valence-corrected chi connectivity index (χ3v) is 6.15. The maximum atomic E-state index is 13.0. The molecule has 1 atom stereocenters. The molecule has 3 rings (SSSR count). The van der Waals surface area contributed by atoms with E-state index in [-0.39, 0.29) is 29.3 Å². The second-order valence-corrected chi connectivity index (χ2v) is 9.38. The maximum Gasteiger partial charge on any atom is 0.271 e. The fraction of sp³-hybridized carbons (Fsp3) is 0.560. The zero-order valence-electron chi connectivity index (χ0n) is 19.2. The zero-order chi connectivity index (χ0) is 23.0. The lowest BCUT2D eigenvalue weighted by molar-refractivity contribution is -0.130. The van der Waals surface area contributed by atoms with Crippen molar-refractivity contribution in [2.24, 2.45) is 5.92 Å². The van der Waals surface area contributed by atoms with Crippen molar-refractivity contribution in [3.05, 3.63) is 47.8 Å². The summed E-state index contributed by atoms with van der Waals surface area (Å²) in [5.41, 5.74) is 0.859. The van der Waals surface area contributed by atoms with E-state index in [0.29, 0.717) is 19.3 Å². The van der Waals surface area contributed by atoms with Gasteiger partial charge >= 0.3 is 0 Å². The number of aryl methyl sites for hydroxylation is 1. The molecule has 0 aromatic heterocycles. The first-order chi connectivity index (χ1) is 15.4. The van der Waals surface area contributed by atoms with Crippen LogP contribution in [0.15, 0.2) is 42.2 Å². The molecule has 4 N–H and O–H groups in total. The lowest BCUT2D eigenvalue weighted by atomic mass is 9.98. The normalized spacial score (nSPS) is 18.7. The highest BCUT2D eigenvalue weighted by Crippen LogP contribution is 2.27. The second kappa shape index (κ2) is 11.2. The summed E-state index contributed by atoms with van der Waals surface area (Å²) in [4.78, 5) is 38.2. The molecule has 1 spiro atoms. The first kappa shape index (κ1) is 23.8. The molecular formula is C25H36N4O3. The van der Waals surface area contributed by atoms with Crippen molar-refractivity contribution in [1.29, 1.82) is 0 Å². The fourth-order valence-electron chi connectivity index (χ4n) is 4.38. The van der Waals surface area contributed by atoms with Crippen molar-refractivity contribution >= 4 is 17.7 Å². The van der Waals surface area contributed by atoms with Crippen molar-refractivity contribution in [2.75, 3.05) is 0 Å². The number of benzene rings is 1. The van der Waals surface area contributed by atoms with Crippen molar-refractivity contribution in [3.63, 3.8) is 0 Å². The van der Waals surface area contributed by atoms with Crippen LogP contribution in [0, 0.1) is 5.92 Å². The van der Waals surface area contributed by atoms with E-state index in [2.05, 4.69) is 21.3 Å². The molecule has 174 valence electrons. The first-order valence-corrected chi connectivity index (χ1v) is 11.8. The van der Waals surface area contributed by atoms with Gasteiger partial charge < -0.3 is 21.3 Å². The van der Waals surface area contributed by atoms with Gasteiger partial charge in [-0.1, -0.05) is 57.0 Å². The molecule has 1 aliphatic heterocycles. The molecule has 32 heavy (non-hydrogen) atoms. The molecule has 0 radical (unpaired) electrons. The largest absolute Gasteiger partial charge is 0.367 e. The summed E-state index contributed by atoms with van der Waals surface area (Å²) in [6.07, 6.45) is 9.26. The number of amides is 3. The maximum absolute atomic E-state index is 13.0. The van der Waals surface area contributed by atoms with Gasteiger partial charge in [0.15, 0.2) is 0 Å². The molecule has 1 aromatic rings. The number of hydrogen-bond donors (Lipinski definition) is 4. The molecule has 1 saturated carbocycles. The van der Waals surface area contributed by atoms with E-state index < -0.39 is 11.7 Å². The van der Waals surface area contributed by atoms with Crippen LogP contribution >= 0.6 is 0 Å². The average molecular weight is 441 g/mol. The monoisotopic (exact) mass is 440 g/mol. The summed E-state index contributed by atoms with van der Waals surface area (Å²) < 4.78 is 0. The Morgan fingerprint density at radius 1 is 1.06 bits per heavy atom. The Balaban J connectivity index is 1.58. The lowest BCUT2D eigenvalue weighted by Gasteiger charge is -2.38. The van der Waals surface area contributed by atoms with Crippen LogP contribution in [-0.2, 0) is 20.8 Å². The van der Waals surface area contributed by atoms with Gasteiger partial charge in [-0.05, 0) is 50.0 Å². The standard InChI is InChI=1S/C25H36N4O3/c1-18(2)16-20(27-22(30)13-12-19-10-6-5-7-11-19)23(31)28-21-17-26-25(29-24(21)32)14-8-3-4-9-15-25/h5-7,10-11,17-18,20,26H,3-4,8-9,12-16H2,1-2H3,(H,27,30)(H,28,31)(H,29,32)/t20-/m0/s1. The Morgan fingerprint density at radius 2 is 1.75 bits per heavy atom. The number of rotatable bonds is 8. The van der Waals surface area contributed by atoms with Gasteiger partial charge in [0.05, 0.1) is 0 Å². The van der Waals surface area contributed by atoms with Gasteiger partial charge in [0.25, 0.3) is 5.91 Å². The van der Waals surface area contributed by atoms with E-state index in [1.807, 2.05) is 44.2 Å². The van der Waals surface area contributed by atoms with Crippen LogP contribution in [0.3, 0.4) is 0 Å². The van der Waals surface area contributed by atoms with Crippen LogP contribution in [0.2, 0.25) is 0 Å². The van der Waals surface area contributed by atoms with Gasteiger partial charge in [-0.2, -0.15) is 0 Å². The lowest BCUT2D eigenvalue weighted by Crippen LogP contribution is -2.62. The predicted octanol–water partition coefficient (Wildman–Crippen LogP) is 2.88. The van der Waals surface area contributed by atoms with Crippen molar-refractivity contribution in [3.8, 4) is 0 Å². The van der Waals surface area contributed by atoms with Gasteiger partial charge in [-0.15, -0.1) is 0 Å². The topological polar surface area (TPSA) is 99.3 Å². The number of carbonyl (C=O) groups excluding carboxylic acids is 3. The SMILES string of the molecule is CC(C)C[C@H](NC(=O)CCc1ccccc1)C(=O)NC1=CNC2(CCCCCC2)NC1=O. The van der Waals surface area contributed by atoms with Crippen LogP contribution in [-0.4, -0.2) is 29.4 Å². The smallest absolute Gasteiger partial charge is 0.271 e. The van der Waals surface area contributed by atoms with Gasteiger partial charge in [0.1, 0.15) is 17.4 Å². The summed E-state index contributed by atoms with van der Waals surface area (Å²) in [6.45, 7) is 4.00. The number of carbonyl (C=O) groups is 3. The highest BCUT2D eigenvalue weighted by molar-refractivity contribution is 6.00. The van der Waals surface area contributed by atoms with Crippen molar-refractivity contribution < 1.29 is 14.4 Å². The minimum atomic E-state index is -0.694. The van der Waals surface area contributed by atoms with E-state index in [0.717, 1.165) is 31.2 Å². The van der Waals surface area contributed by atoms with Crippen LogP contribution in [0.5, 0.6) is 0 Å². The molecule has 0 unspecified atom stereocenters. The molecule has 0 bridgehead atoms. The van der Waals surface area contributed by atoms with Crippen molar-refractivity contribution in [1.82, 2.24) is 21.3 Å². The number of hydrogen-bond acceptors (Lipinski definition) is 4. The molecule has 1 aliphatic carbocycles. The Morgan fingerprint density at radius 3 is 2.38 bits per heavy atom. The van der Waals surface area contributed by atoms with Crippen LogP contribution in [0.4, 0.5) is 0 Å². The third-order valence-electron chi connectivity index (χ3n) is 6.15. The van der Waals surface area contributed by atoms with Crippen LogP contribution in [0.1, 0.15) is 70.8 Å². The quantitative estimate of drug-likeness (QED) is 0.499. The highest BCUT2D eigenvalue weighted by Gasteiger charge is 2.36. The number of nitrogens with one attached hydrogen (secondary N) is 4. The molecule has 1 aromatic carbocycles. The second-order valence-electron chi connectivity index (χ2n) is 9.38. The van der Waals surface area contributed by atoms with Gasteiger partial charge in [-0.25, -0.2) is 0 Å². The van der Waals surface area contributed by atoms with Gasteiger partial charge in [-0.3, -0.25) is 14.4 Å². The van der Waals surface area contributed by atoms with E-state index in [1.54, 1.807) is 6.20 Å². The minimum Gasteiger partial charge on any atom is -0.367 e. The minimum absolute atomic E-state index is 0.174. The zero-order valence-corrected chi connectivity index (χ0v) is 19.2. The fourth-order valence-corrected chi connectivity index (χ4v) is 4.38. The van der Waals surface area contributed by atoms with Gasteiger partial charge in [0.2, 0.25) is 11.8 Å². The third kappa shape index (κ3) is 6.84. The van der Waals surface area contributed by atoms with E-state index >= 15 is 0 Å². The summed E-state index contributed by atoms with van der Waals surface area (Å²) in [6, 6.07) is 9.09. The summed E-state index contributed by atoms with van der Waals surface area (Å²) in [7, 11) is 0. The molecular weight excluding hydrogens is 404 g/mol. The van der Waals surface area contributed by atoms with E-state index in [9.17, 15) is 14.4 Å². The summed E-state index contributed by atoms with van der Waals surface area (Å²) in [5, 5.41) is 12.0. The summed E-state index contributed by atoms with van der Waals surface area (Å²) >= 11 is 0. The summed E-state index contributed by atoms with van der Waals surface area (Å²) in [5.74, 6) is -0.613. The Bertz CT molecular complexity index is 827. The molecule has 1 heterocycles. The Hall–Kier alpha value is -2.83. The molecule has 7 heteroatoms. The molecule has 2 aliphatic rings. The van der Waals surface area contributed by atoms with Crippen LogP contribution in [0.25, 0.3) is 0 Å².